The van der Waals surface area contributed by atoms with Crippen LogP contribution in [0.15, 0.2) is 29.6 Å². The number of carboxylic acid groups (broad SMARTS) is 1. The van der Waals surface area contributed by atoms with Crippen LogP contribution in [-0.2, 0) is 11.3 Å². The molecule has 2 aliphatic rings. The van der Waals surface area contributed by atoms with E-state index in [-0.39, 0.29) is 17.7 Å². The fourth-order valence-corrected chi connectivity index (χ4v) is 3.89. The van der Waals surface area contributed by atoms with Crippen molar-refractivity contribution in [2.24, 2.45) is 5.92 Å². The van der Waals surface area contributed by atoms with Gasteiger partial charge in [0.05, 0.1) is 5.92 Å². The van der Waals surface area contributed by atoms with E-state index >= 15 is 0 Å². The second kappa shape index (κ2) is 4.43. The minimum atomic E-state index is -0.699. The Bertz CT molecular complexity index is 765. The highest BCUT2D eigenvalue weighted by Crippen LogP contribution is 2.49. The topological polar surface area (TPSA) is 66.4 Å². The molecular weight excluding hydrogens is 286 g/mol. The molecule has 2 aromatic rings. The van der Waals surface area contributed by atoms with Crippen molar-refractivity contribution in [3.63, 3.8) is 0 Å². The summed E-state index contributed by atoms with van der Waals surface area (Å²) in [5.74, 6) is -0.750. The second-order valence-corrected chi connectivity index (χ2v) is 6.50. The maximum atomic E-state index is 11.6. The smallest absolute Gasteiger partial charge is 0.307 e. The number of rotatable bonds is 3. The van der Waals surface area contributed by atoms with Crippen molar-refractivity contribution in [1.29, 1.82) is 0 Å². The van der Waals surface area contributed by atoms with Gasteiger partial charge in [0.2, 0.25) is 0 Å². The summed E-state index contributed by atoms with van der Waals surface area (Å²) in [6.45, 7) is 0.587. The largest absolute Gasteiger partial charge is 0.481 e. The number of benzene rings is 1. The van der Waals surface area contributed by atoms with Gasteiger partial charge in [-0.1, -0.05) is 6.07 Å². The van der Waals surface area contributed by atoms with E-state index in [0.717, 1.165) is 33.6 Å². The van der Waals surface area contributed by atoms with Crippen LogP contribution in [0.3, 0.4) is 0 Å². The zero-order valence-electron chi connectivity index (χ0n) is 11.1. The molecule has 1 saturated carbocycles. The SMILES string of the molecule is O=C1NCc2cc(-c3cc([C@@H]4C[C@H]4C(=O)O)cs3)ccc21. The van der Waals surface area contributed by atoms with Crippen LogP contribution in [-0.4, -0.2) is 17.0 Å². The first-order valence-corrected chi connectivity index (χ1v) is 7.74. The van der Waals surface area contributed by atoms with Crippen LogP contribution in [0.1, 0.15) is 33.8 Å². The van der Waals surface area contributed by atoms with E-state index in [9.17, 15) is 9.59 Å². The maximum absolute atomic E-state index is 11.6. The zero-order chi connectivity index (χ0) is 14.6. The van der Waals surface area contributed by atoms with Gasteiger partial charge in [-0.2, -0.15) is 0 Å². The molecule has 0 unspecified atom stereocenters. The van der Waals surface area contributed by atoms with Crippen molar-refractivity contribution in [2.45, 2.75) is 18.9 Å². The fraction of sp³-hybridized carbons (Fsp3) is 0.250. The summed E-state index contributed by atoms with van der Waals surface area (Å²) >= 11 is 1.63. The average molecular weight is 299 g/mol. The molecule has 1 fully saturated rings. The molecular formula is C16H13NO3S. The van der Waals surface area contributed by atoms with Crippen LogP contribution in [0.2, 0.25) is 0 Å². The van der Waals surface area contributed by atoms with E-state index in [4.69, 9.17) is 5.11 Å². The molecule has 0 spiro atoms. The van der Waals surface area contributed by atoms with Crippen molar-refractivity contribution in [3.8, 4) is 10.4 Å². The molecule has 1 aliphatic carbocycles. The molecule has 1 amide bonds. The molecule has 0 bridgehead atoms. The quantitative estimate of drug-likeness (QED) is 0.916. The van der Waals surface area contributed by atoms with Crippen LogP contribution < -0.4 is 5.32 Å². The van der Waals surface area contributed by atoms with Crippen molar-refractivity contribution in [2.75, 3.05) is 0 Å². The monoisotopic (exact) mass is 299 g/mol. The minimum absolute atomic E-state index is 0.00861. The molecule has 0 saturated heterocycles. The van der Waals surface area contributed by atoms with Gasteiger partial charge in [0, 0.05) is 17.0 Å². The Morgan fingerprint density at radius 3 is 2.95 bits per heavy atom. The van der Waals surface area contributed by atoms with E-state index in [1.165, 1.54) is 0 Å². The lowest BCUT2D eigenvalue weighted by Gasteiger charge is -2.00. The lowest BCUT2D eigenvalue weighted by Crippen LogP contribution is -2.12. The highest BCUT2D eigenvalue weighted by Gasteiger charge is 2.44. The molecule has 1 aromatic carbocycles. The highest BCUT2D eigenvalue weighted by molar-refractivity contribution is 7.13. The van der Waals surface area contributed by atoms with Crippen LogP contribution in [0, 0.1) is 5.92 Å². The number of carbonyl (C=O) groups is 2. The predicted octanol–water partition coefficient (Wildman–Crippen LogP) is 2.85. The van der Waals surface area contributed by atoms with Gasteiger partial charge in [0.15, 0.2) is 0 Å². The molecule has 5 heteroatoms. The number of amides is 1. The lowest BCUT2D eigenvalue weighted by atomic mass is 10.0. The number of nitrogens with one attached hydrogen (secondary N) is 1. The number of carbonyl (C=O) groups excluding carboxylic acids is 1. The summed E-state index contributed by atoms with van der Waals surface area (Å²) in [5.41, 5.74) is 4.00. The summed E-state index contributed by atoms with van der Waals surface area (Å²) in [6.07, 6.45) is 0.744. The first-order valence-electron chi connectivity index (χ1n) is 6.86. The van der Waals surface area contributed by atoms with Crippen molar-refractivity contribution < 1.29 is 14.7 Å². The fourth-order valence-electron chi connectivity index (χ4n) is 2.92. The molecule has 106 valence electrons. The summed E-state index contributed by atoms with van der Waals surface area (Å²) in [4.78, 5) is 23.6. The first kappa shape index (κ1) is 12.6. The molecule has 1 aliphatic heterocycles. The Morgan fingerprint density at radius 1 is 1.33 bits per heavy atom. The van der Waals surface area contributed by atoms with Gasteiger partial charge in [-0.15, -0.1) is 11.3 Å². The first-order chi connectivity index (χ1) is 10.1. The summed E-state index contributed by atoms with van der Waals surface area (Å²) in [5, 5.41) is 13.9. The van der Waals surface area contributed by atoms with Crippen LogP contribution in [0.4, 0.5) is 0 Å². The second-order valence-electron chi connectivity index (χ2n) is 5.59. The molecule has 4 nitrogen and oxygen atoms in total. The van der Waals surface area contributed by atoms with Crippen LogP contribution in [0.5, 0.6) is 0 Å². The van der Waals surface area contributed by atoms with E-state index in [0.29, 0.717) is 6.54 Å². The van der Waals surface area contributed by atoms with Crippen molar-refractivity contribution in [1.82, 2.24) is 5.32 Å². The molecule has 0 radical (unpaired) electrons. The molecule has 2 heterocycles. The van der Waals surface area contributed by atoms with Gasteiger partial charge in [0.25, 0.3) is 5.91 Å². The van der Waals surface area contributed by atoms with Gasteiger partial charge in [-0.3, -0.25) is 9.59 Å². The van der Waals surface area contributed by atoms with Crippen LogP contribution >= 0.6 is 11.3 Å². The Labute approximate surface area is 125 Å². The lowest BCUT2D eigenvalue weighted by molar-refractivity contribution is -0.138. The normalized spacial score (nSPS) is 22.8. The van der Waals surface area contributed by atoms with Crippen molar-refractivity contribution >= 4 is 23.2 Å². The number of carboxylic acids is 1. The highest BCUT2D eigenvalue weighted by atomic mass is 32.1. The van der Waals surface area contributed by atoms with Crippen molar-refractivity contribution in [3.05, 3.63) is 46.3 Å². The number of thiophene rings is 1. The molecule has 4 rings (SSSR count). The zero-order valence-corrected chi connectivity index (χ0v) is 11.9. The van der Waals surface area contributed by atoms with Gasteiger partial charge in [0.1, 0.15) is 0 Å². The number of fused-ring (bicyclic) bond motifs is 1. The standard InChI is InChI=1S/C16H13NO3S/c18-15-11-2-1-8(3-9(11)6-17-15)14-4-10(7-21-14)12-5-13(12)16(19)20/h1-4,7,12-13H,5-6H2,(H,17,18)(H,19,20)/t12-,13+/m0/s1. The summed E-state index contributed by atoms with van der Waals surface area (Å²) < 4.78 is 0. The molecule has 2 atom stereocenters. The molecule has 1 aromatic heterocycles. The Kier molecular flexibility index (Phi) is 2.65. The number of hydrogen-bond acceptors (Lipinski definition) is 3. The van der Waals surface area contributed by atoms with Crippen LogP contribution in [0.25, 0.3) is 10.4 Å². The Hall–Kier alpha value is -2.14. The number of aliphatic carboxylic acids is 1. The van der Waals surface area contributed by atoms with Gasteiger partial charge in [-0.25, -0.2) is 0 Å². The third-order valence-corrected chi connectivity index (χ3v) is 5.23. The third-order valence-electron chi connectivity index (χ3n) is 4.23. The van der Waals surface area contributed by atoms with Gasteiger partial charge >= 0.3 is 5.97 Å². The van der Waals surface area contributed by atoms with E-state index in [1.807, 2.05) is 18.2 Å². The Balaban J connectivity index is 1.62. The van der Waals surface area contributed by atoms with E-state index in [2.05, 4.69) is 16.8 Å². The van der Waals surface area contributed by atoms with E-state index < -0.39 is 5.97 Å². The molecule has 2 N–H and O–H groups in total. The molecule has 21 heavy (non-hydrogen) atoms. The summed E-state index contributed by atoms with van der Waals surface area (Å²) in [6, 6.07) is 7.96. The van der Waals surface area contributed by atoms with E-state index in [1.54, 1.807) is 11.3 Å². The summed E-state index contributed by atoms with van der Waals surface area (Å²) in [7, 11) is 0. The maximum Gasteiger partial charge on any atom is 0.307 e. The third kappa shape index (κ3) is 2.05. The Morgan fingerprint density at radius 2 is 2.19 bits per heavy atom. The van der Waals surface area contributed by atoms with Gasteiger partial charge < -0.3 is 10.4 Å². The predicted molar refractivity (Wildman–Crippen MR) is 79.4 cm³/mol. The minimum Gasteiger partial charge on any atom is -0.481 e. The number of hydrogen-bond donors (Lipinski definition) is 2. The van der Waals surface area contributed by atoms with Gasteiger partial charge in [-0.05, 0) is 52.6 Å². The average Bonchev–Trinajstić information content (AvgIpc) is 2.99.